The zero-order valence-corrected chi connectivity index (χ0v) is 14.4. The number of sulfone groups is 1. The van der Waals surface area contributed by atoms with Gasteiger partial charge >= 0.3 is 0 Å². The van der Waals surface area contributed by atoms with Gasteiger partial charge in [0.1, 0.15) is 0 Å². The van der Waals surface area contributed by atoms with Crippen LogP contribution in [0.25, 0.3) is 5.52 Å². The maximum absolute atomic E-state index is 12.7. The van der Waals surface area contributed by atoms with Crippen molar-refractivity contribution >= 4 is 33.7 Å². The van der Waals surface area contributed by atoms with Crippen molar-refractivity contribution in [3.8, 4) is 0 Å². The molecule has 0 atom stereocenters. The van der Waals surface area contributed by atoms with Crippen LogP contribution in [0.2, 0.25) is 0 Å². The van der Waals surface area contributed by atoms with Gasteiger partial charge in [0, 0.05) is 32.1 Å². The minimum absolute atomic E-state index is 0. The molecule has 0 aliphatic carbocycles. The molecule has 2 aromatic heterocycles. The second-order valence-electron chi connectivity index (χ2n) is 5.37. The molecule has 1 N–H and O–H groups in total. The average Bonchev–Trinajstić information content (AvgIpc) is 2.67. The Balaban J connectivity index is 0.00000192. The van der Waals surface area contributed by atoms with Gasteiger partial charge < -0.3 is 10.2 Å². The molecule has 9 heteroatoms. The first-order chi connectivity index (χ1) is 10.5. The Morgan fingerprint density at radius 1 is 1.26 bits per heavy atom. The van der Waals surface area contributed by atoms with Gasteiger partial charge in [0.2, 0.25) is 15.0 Å². The van der Waals surface area contributed by atoms with E-state index >= 15 is 0 Å². The number of nitrogens with zero attached hydrogens (tertiary/aromatic N) is 3. The van der Waals surface area contributed by atoms with Crippen LogP contribution < -0.4 is 5.32 Å². The van der Waals surface area contributed by atoms with E-state index in [1.54, 1.807) is 29.3 Å². The Morgan fingerprint density at radius 3 is 2.78 bits per heavy atom. The Hall–Kier alpha value is -1.64. The molecule has 0 radical (unpaired) electrons. The minimum Gasteiger partial charge on any atom is -0.336 e. The van der Waals surface area contributed by atoms with E-state index in [0.29, 0.717) is 18.6 Å². The fourth-order valence-corrected chi connectivity index (χ4v) is 3.40. The molecule has 2 aromatic rings. The zero-order valence-electron chi connectivity index (χ0n) is 12.7. The highest BCUT2D eigenvalue weighted by Gasteiger charge is 2.26. The third kappa shape index (κ3) is 3.49. The summed E-state index contributed by atoms with van der Waals surface area (Å²) in [6.07, 6.45) is 3.58. The van der Waals surface area contributed by atoms with Gasteiger partial charge in [-0.05, 0) is 25.1 Å². The first-order valence-corrected chi connectivity index (χ1v) is 9.05. The number of carbonyl (C=O) groups is 1. The summed E-state index contributed by atoms with van der Waals surface area (Å²) in [4.78, 5) is 18.6. The summed E-state index contributed by atoms with van der Waals surface area (Å²) in [5, 5.41) is 3.14. The van der Waals surface area contributed by atoms with Crippen LogP contribution in [-0.4, -0.2) is 61.0 Å². The average molecular weight is 359 g/mol. The molecule has 3 rings (SSSR count). The Morgan fingerprint density at radius 2 is 2.04 bits per heavy atom. The fraction of sp³-hybridized carbons (Fsp3) is 0.429. The van der Waals surface area contributed by atoms with Crippen LogP contribution in [0.1, 0.15) is 16.9 Å². The van der Waals surface area contributed by atoms with Crippen LogP contribution in [0.5, 0.6) is 0 Å². The number of carbonyl (C=O) groups excluding carboxylic acids is 1. The topological polar surface area (TPSA) is 83.8 Å². The highest BCUT2D eigenvalue weighted by Crippen LogP contribution is 2.18. The number of halogens is 1. The van der Waals surface area contributed by atoms with Crippen molar-refractivity contribution in [2.45, 2.75) is 11.6 Å². The van der Waals surface area contributed by atoms with Crippen LogP contribution in [0.15, 0.2) is 29.6 Å². The maximum atomic E-state index is 12.7. The fourth-order valence-electron chi connectivity index (χ4n) is 2.63. The number of aromatic nitrogens is 2. The zero-order chi connectivity index (χ0) is 15.7. The number of hydrogen-bond donors (Lipinski definition) is 1. The second-order valence-corrected chi connectivity index (χ2v) is 7.28. The molecular weight excluding hydrogens is 340 g/mol. The van der Waals surface area contributed by atoms with Crippen molar-refractivity contribution in [2.24, 2.45) is 0 Å². The Labute approximate surface area is 141 Å². The Kier molecular flexibility index (Phi) is 5.28. The molecule has 0 unspecified atom stereocenters. The summed E-state index contributed by atoms with van der Waals surface area (Å²) in [7, 11) is -3.51. The third-order valence-electron chi connectivity index (χ3n) is 3.68. The van der Waals surface area contributed by atoms with Crippen LogP contribution in [0.4, 0.5) is 0 Å². The number of pyridine rings is 1. The van der Waals surface area contributed by atoms with E-state index in [1.165, 1.54) is 4.40 Å². The van der Waals surface area contributed by atoms with Gasteiger partial charge in [0.15, 0.2) is 5.69 Å². The lowest BCUT2D eigenvalue weighted by Crippen LogP contribution is -2.34. The molecule has 0 saturated carbocycles. The highest BCUT2D eigenvalue weighted by atomic mass is 35.5. The molecule has 126 valence electrons. The van der Waals surface area contributed by atoms with Crippen LogP contribution in [-0.2, 0) is 9.84 Å². The molecule has 7 nitrogen and oxygen atoms in total. The summed E-state index contributed by atoms with van der Waals surface area (Å²) in [5.41, 5.74) is 0.716. The van der Waals surface area contributed by atoms with Gasteiger partial charge in [-0.3, -0.25) is 9.20 Å². The van der Waals surface area contributed by atoms with Crippen molar-refractivity contribution in [2.75, 3.05) is 32.4 Å². The van der Waals surface area contributed by atoms with Gasteiger partial charge in [-0.25, -0.2) is 13.4 Å². The lowest BCUT2D eigenvalue weighted by Gasteiger charge is -2.18. The second kappa shape index (κ2) is 6.86. The van der Waals surface area contributed by atoms with E-state index in [4.69, 9.17) is 0 Å². The molecule has 1 aliphatic rings. The van der Waals surface area contributed by atoms with E-state index in [9.17, 15) is 13.2 Å². The minimum atomic E-state index is -3.51. The SMILES string of the molecule is CS(=O)(=O)c1nc(C(=O)N2CCCNCC2)c2ccccn12.Cl. The van der Waals surface area contributed by atoms with Crippen LogP contribution in [0.3, 0.4) is 0 Å². The van der Waals surface area contributed by atoms with Crippen LogP contribution >= 0.6 is 12.4 Å². The van der Waals surface area contributed by atoms with E-state index in [-0.39, 0.29) is 29.2 Å². The molecule has 1 amide bonds. The van der Waals surface area contributed by atoms with E-state index < -0.39 is 9.84 Å². The summed E-state index contributed by atoms with van der Waals surface area (Å²) >= 11 is 0. The van der Waals surface area contributed by atoms with E-state index in [2.05, 4.69) is 10.3 Å². The number of imidazole rings is 1. The van der Waals surface area contributed by atoms with Gasteiger partial charge in [-0.1, -0.05) is 6.07 Å². The predicted octanol–water partition coefficient (Wildman–Crippen LogP) is 0.595. The number of nitrogens with one attached hydrogen (secondary N) is 1. The molecule has 3 heterocycles. The number of rotatable bonds is 2. The molecular formula is C14H19ClN4O3S. The largest absolute Gasteiger partial charge is 0.336 e. The van der Waals surface area contributed by atoms with E-state index in [1.807, 2.05) is 0 Å². The molecule has 0 spiro atoms. The first-order valence-electron chi connectivity index (χ1n) is 7.15. The van der Waals surface area contributed by atoms with Crippen molar-refractivity contribution in [3.05, 3.63) is 30.1 Å². The predicted molar refractivity (Wildman–Crippen MR) is 88.9 cm³/mol. The molecule has 1 fully saturated rings. The standard InChI is InChI=1S/C14H18N4O3S.ClH/c1-22(20,21)14-16-12(11-5-2-3-9-18(11)14)13(19)17-8-4-6-15-7-10-17;/h2-3,5,9,15H,4,6-8,10H2,1H3;1H. The molecule has 0 bridgehead atoms. The normalized spacial score (nSPS) is 16.0. The summed E-state index contributed by atoms with van der Waals surface area (Å²) in [5.74, 6) is -0.220. The van der Waals surface area contributed by atoms with Gasteiger partial charge in [-0.15, -0.1) is 12.4 Å². The van der Waals surface area contributed by atoms with Gasteiger partial charge in [0.25, 0.3) is 5.91 Å². The highest BCUT2D eigenvalue weighted by molar-refractivity contribution is 7.90. The summed E-state index contributed by atoms with van der Waals surface area (Å²) < 4.78 is 25.2. The van der Waals surface area contributed by atoms with E-state index in [0.717, 1.165) is 25.8 Å². The Bertz CT molecular complexity index is 811. The lowest BCUT2D eigenvalue weighted by atomic mass is 10.3. The quantitative estimate of drug-likeness (QED) is 0.849. The van der Waals surface area contributed by atoms with Crippen molar-refractivity contribution in [3.63, 3.8) is 0 Å². The third-order valence-corrected chi connectivity index (χ3v) is 4.63. The number of amides is 1. The van der Waals surface area contributed by atoms with Crippen molar-refractivity contribution in [1.29, 1.82) is 0 Å². The smallest absolute Gasteiger partial charge is 0.274 e. The molecule has 0 aromatic carbocycles. The molecule has 1 saturated heterocycles. The monoisotopic (exact) mass is 358 g/mol. The molecule has 23 heavy (non-hydrogen) atoms. The summed E-state index contributed by atoms with van der Waals surface area (Å²) in [6.45, 7) is 2.85. The van der Waals surface area contributed by atoms with Gasteiger partial charge in [-0.2, -0.15) is 0 Å². The van der Waals surface area contributed by atoms with Crippen molar-refractivity contribution < 1.29 is 13.2 Å². The number of fused-ring (bicyclic) bond motifs is 1. The van der Waals surface area contributed by atoms with Gasteiger partial charge in [0.05, 0.1) is 5.52 Å². The molecule has 1 aliphatic heterocycles. The first kappa shape index (κ1) is 17.7. The van der Waals surface area contributed by atoms with Crippen molar-refractivity contribution in [1.82, 2.24) is 19.6 Å². The maximum Gasteiger partial charge on any atom is 0.274 e. The number of hydrogen-bond acceptors (Lipinski definition) is 5. The summed E-state index contributed by atoms with van der Waals surface area (Å²) in [6, 6.07) is 5.20. The lowest BCUT2D eigenvalue weighted by molar-refractivity contribution is 0.0762. The van der Waals surface area contributed by atoms with Crippen LogP contribution in [0, 0.1) is 0 Å².